The van der Waals surface area contributed by atoms with Gasteiger partial charge in [0.15, 0.2) is 0 Å². The van der Waals surface area contributed by atoms with Gasteiger partial charge < -0.3 is 24.8 Å². The van der Waals surface area contributed by atoms with Crippen molar-refractivity contribution in [3.63, 3.8) is 0 Å². The number of hydrogen-bond donors (Lipinski definition) is 2. The van der Waals surface area contributed by atoms with Crippen LogP contribution >= 0.6 is 0 Å². The van der Waals surface area contributed by atoms with E-state index in [1.54, 1.807) is 12.4 Å². The van der Waals surface area contributed by atoms with E-state index in [0.29, 0.717) is 0 Å². The number of hydrazone groups is 2. The predicted molar refractivity (Wildman–Crippen MR) is 87.3 cm³/mol. The van der Waals surface area contributed by atoms with Gasteiger partial charge in [-0.05, 0) is 37.8 Å². The Morgan fingerprint density at radius 3 is 1.60 bits per heavy atom. The van der Waals surface area contributed by atoms with Gasteiger partial charge in [0, 0.05) is 26.2 Å². The van der Waals surface area contributed by atoms with Gasteiger partial charge in [-0.3, -0.25) is 0 Å². The van der Waals surface area contributed by atoms with Crippen LogP contribution in [0, 0.1) is 0 Å². The molecule has 7 nitrogen and oxygen atoms in total. The molecule has 10 heteroatoms. The van der Waals surface area contributed by atoms with Gasteiger partial charge in [-0.2, -0.15) is 10.2 Å². The van der Waals surface area contributed by atoms with Crippen LogP contribution in [-0.4, -0.2) is 53.6 Å². The molecule has 25 heavy (non-hydrogen) atoms. The minimum Gasteiger partial charge on any atom is -1.00 e. The molecule has 2 aliphatic heterocycles. The number of pyridine rings is 1. The maximum Gasteiger partial charge on any atom is 2.00 e. The Morgan fingerprint density at radius 1 is 0.800 bits per heavy atom. The Labute approximate surface area is 171 Å². The number of rotatable bonds is 6. The fraction of sp³-hybridized carbons (Fsp3) is 0.533. The van der Waals surface area contributed by atoms with E-state index in [1.165, 1.54) is 25.7 Å². The van der Waals surface area contributed by atoms with E-state index in [2.05, 4.69) is 36.3 Å². The summed E-state index contributed by atoms with van der Waals surface area (Å²) in [7, 11) is 0. The van der Waals surface area contributed by atoms with Gasteiger partial charge in [-0.15, -0.1) is 0 Å². The van der Waals surface area contributed by atoms with Crippen molar-refractivity contribution in [1.29, 1.82) is 0 Å². The average molecular weight is 431 g/mol. The van der Waals surface area contributed by atoms with Crippen LogP contribution in [0.3, 0.4) is 0 Å². The molecule has 1 aromatic rings. The van der Waals surface area contributed by atoms with Crippen LogP contribution < -0.4 is 35.9 Å². The topological polar surface area (TPSA) is 68.2 Å². The zero-order valence-corrected chi connectivity index (χ0v) is 16.4. The van der Waals surface area contributed by atoms with Crippen molar-refractivity contribution in [2.75, 3.05) is 26.2 Å². The third kappa shape index (κ3) is 8.35. The molecule has 0 saturated carbocycles. The van der Waals surface area contributed by atoms with E-state index in [4.69, 9.17) is 0 Å². The van der Waals surface area contributed by atoms with E-state index >= 15 is 0 Å². The molecule has 0 amide bonds. The maximum absolute atomic E-state index is 4.49. The molecule has 2 fully saturated rings. The summed E-state index contributed by atoms with van der Waals surface area (Å²) in [5, 5.41) is 12.7. The van der Waals surface area contributed by atoms with E-state index in [9.17, 15) is 0 Å². The molecule has 2 saturated heterocycles. The Morgan fingerprint density at radius 2 is 1.20 bits per heavy atom. The van der Waals surface area contributed by atoms with Gasteiger partial charge >= 0.3 is 16.8 Å². The molecule has 0 aliphatic carbocycles. The summed E-state index contributed by atoms with van der Waals surface area (Å²) in [6.07, 6.45) is 8.41. The van der Waals surface area contributed by atoms with Crippen molar-refractivity contribution in [3.05, 3.63) is 29.6 Å². The van der Waals surface area contributed by atoms with E-state index in [0.717, 1.165) is 37.6 Å². The van der Waals surface area contributed by atoms with E-state index in [1.807, 2.05) is 18.2 Å². The molecular weight excluding hydrogens is 408 g/mol. The van der Waals surface area contributed by atoms with Crippen molar-refractivity contribution < 1.29 is 41.6 Å². The first-order chi connectivity index (χ1) is 10.9. The summed E-state index contributed by atoms with van der Waals surface area (Å²) in [6.45, 7) is 4.22. The molecule has 0 atom stereocenters. The van der Waals surface area contributed by atoms with Gasteiger partial charge in [0.25, 0.3) is 0 Å². The fourth-order valence-corrected chi connectivity index (χ4v) is 2.60. The first-order valence-electron chi connectivity index (χ1n) is 7.94. The Kier molecular flexibility index (Phi) is 12.8. The Hall–Kier alpha value is -0.904. The molecule has 0 spiro atoms. The van der Waals surface area contributed by atoms with Crippen LogP contribution in [0.4, 0.5) is 0 Å². The number of hydrogen-bond acceptors (Lipinski definition) is 7. The fourth-order valence-electron chi connectivity index (χ4n) is 2.60. The van der Waals surface area contributed by atoms with E-state index in [-0.39, 0.29) is 41.6 Å². The van der Waals surface area contributed by atoms with Crippen LogP contribution in [0.5, 0.6) is 0 Å². The molecule has 0 unspecified atom stereocenters. The van der Waals surface area contributed by atoms with Crippen LogP contribution in [0.2, 0.25) is 0 Å². The van der Waals surface area contributed by atoms with Crippen LogP contribution in [0.25, 0.3) is 0 Å². The van der Waals surface area contributed by atoms with Gasteiger partial charge in [0.05, 0.1) is 23.8 Å². The Bertz CT molecular complexity index is 489. The minimum absolute atomic E-state index is 0. The first kappa shape index (κ1) is 24.1. The second-order valence-electron chi connectivity index (χ2n) is 5.59. The number of halogens is 2. The molecule has 0 aromatic carbocycles. The number of hydrazine groups is 2. The predicted octanol–water partition coefficient (Wildman–Crippen LogP) is -5.04. The van der Waals surface area contributed by atoms with Crippen molar-refractivity contribution in [3.8, 4) is 0 Å². The standard InChI is InChI=1S/C15H23N7.2ClH.Co/c1-2-9-21(8-1)19-16-12-14-6-5-7-15(18-14)13-17-20-22-10-3-4-11-22;;;/h5-7,12-13,19-20H,1-4,8-11H2;2*1H;/q;;;+2/p-2. The zero-order chi connectivity index (χ0) is 15.0. The van der Waals surface area contributed by atoms with Crippen molar-refractivity contribution in [2.45, 2.75) is 25.7 Å². The molecule has 3 heterocycles. The number of aromatic nitrogens is 1. The summed E-state index contributed by atoms with van der Waals surface area (Å²) < 4.78 is 0. The SMILES string of the molecule is C(=NNN1CCCC1)c1cccc(C=NNN2CCCC2)n1.[Cl-].[Cl-].[Co+2]. The summed E-state index contributed by atoms with van der Waals surface area (Å²) in [5.41, 5.74) is 7.71. The molecule has 2 N–H and O–H groups in total. The normalized spacial score (nSPS) is 17.9. The third-order valence-electron chi connectivity index (χ3n) is 3.80. The minimum atomic E-state index is 0. The summed E-state index contributed by atoms with van der Waals surface area (Å²) >= 11 is 0. The average Bonchev–Trinajstić information content (AvgIpc) is 3.21. The van der Waals surface area contributed by atoms with Gasteiger partial charge in [-0.1, -0.05) is 6.07 Å². The molecule has 2 aliphatic rings. The smallest absolute Gasteiger partial charge is 1.00 e. The van der Waals surface area contributed by atoms with Gasteiger partial charge in [0.1, 0.15) is 0 Å². The van der Waals surface area contributed by atoms with Gasteiger partial charge in [0.2, 0.25) is 0 Å². The van der Waals surface area contributed by atoms with Crippen molar-refractivity contribution >= 4 is 12.4 Å². The number of nitrogens with one attached hydrogen (secondary N) is 2. The third-order valence-corrected chi connectivity index (χ3v) is 3.80. The maximum atomic E-state index is 4.49. The summed E-state index contributed by atoms with van der Waals surface area (Å²) in [5.74, 6) is 0. The van der Waals surface area contributed by atoms with E-state index < -0.39 is 0 Å². The zero-order valence-electron chi connectivity index (χ0n) is 13.9. The second kappa shape index (κ2) is 13.3. The molecular formula is C15H23Cl2CoN7. The quantitative estimate of drug-likeness (QED) is 0.349. The monoisotopic (exact) mass is 430 g/mol. The van der Waals surface area contributed by atoms with Crippen molar-refractivity contribution in [2.24, 2.45) is 10.2 Å². The molecule has 3 rings (SSSR count). The Balaban J connectivity index is 0.00000192. The molecule has 0 bridgehead atoms. The van der Waals surface area contributed by atoms with Gasteiger partial charge in [-0.25, -0.2) is 26.1 Å². The van der Waals surface area contributed by atoms with Crippen molar-refractivity contribution in [1.82, 2.24) is 26.1 Å². The largest absolute Gasteiger partial charge is 2.00 e. The van der Waals surface area contributed by atoms with Crippen LogP contribution in [0.1, 0.15) is 37.1 Å². The van der Waals surface area contributed by atoms with Crippen LogP contribution in [-0.2, 0) is 16.8 Å². The first-order valence-corrected chi connectivity index (χ1v) is 7.94. The molecule has 141 valence electrons. The summed E-state index contributed by atoms with van der Waals surface area (Å²) in [6, 6.07) is 5.82. The summed E-state index contributed by atoms with van der Waals surface area (Å²) in [4.78, 5) is 4.49. The van der Waals surface area contributed by atoms with Crippen LogP contribution in [0.15, 0.2) is 28.4 Å². The number of nitrogens with zero attached hydrogens (tertiary/aromatic N) is 5. The molecule has 1 aromatic heterocycles. The molecule has 1 radical (unpaired) electrons. The second-order valence-corrected chi connectivity index (χ2v) is 5.59.